The van der Waals surface area contributed by atoms with E-state index < -0.39 is 0 Å². The minimum Gasteiger partial charge on any atom is -0.493 e. The van der Waals surface area contributed by atoms with Gasteiger partial charge in [-0.3, -0.25) is 9.69 Å². The molecule has 1 amide bonds. The van der Waals surface area contributed by atoms with Crippen LogP contribution in [0.2, 0.25) is 0 Å². The molecule has 0 spiro atoms. The summed E-state index contributed by atoms with van der Waals surface area (Å²) in [6.07, 6.45) is 8.56. The van der Waals surface area contributed by atoms with Gasteiger partial charge in [0, 0.05) is 11.6 Å². The van der Waals surface area contributed by atoms with Crippen LogP contribution in [-0.4, -0.2) is 28.6 Å². The molecule has 1 heterocycles. The number of hydrogen-bond donors (Lipinski definition) is 0. The van der Waals surface area contributed by atoms with Crippen LogP contribution in [0.5, 0.6) is 5.75 Å². The zero-order valence-electron chi connectivity index (χ0n) is 18.3. The molecule has 162 valence electrons. The molecule has 2 aromatic rings. The molecule has 1 aliphatic carbocycles. The lowest BCUT2D eigenvalue weighted by Gasteiger charge is -2.30. The molecule has 1 saturated carbocycles. The van der Waals surface area contributed by atoms with E-state index in [2.05, 4.69) is 13.0 Å². The van der Waals surface area contributed by atoms with E-state index in [1.54, 1.807) is 0 Å². The van der Waals surface area contributed by atoms with E-state index in [1.807, 2.05) is 60.4 Å². The number of thioether (sulfide) groups is 1. The SMILES string of the molecule is CCOc1ccccc1/C=C1/SC(=Nc2ccccc2CC)N(C2CCCCC2)C1=O. The maximum atomic E-state index is 13.5. The van der Waals surface area contributed by atoms with Crippen molar-refractivity contribution in [3.63, 3.8) is 0 Å². The van der Waals surface area contributed by atoms with Crippen molar-refractivity contribution in [2.45, 2.75) is 58.4 Å². The van der Waals surface area contributed by atoms with E-state index in [0.29, 0.717) is 11.5 Å². The average molecular weight is 435 g/mol. The van der Waals surface area contributed by atoms with Gasteiger partial charge in [0.1, 0.15) is 5.75 Å². The van der Waals surface area contributed by atoms with Crippen LogP contribution < -0.4 is 4.74 Å². The molecule has 0 N–H and O–H groups in total. The number of benzene rings is 2. The number of para-hydroxylation sites is 2. The number of carbonyl (C=O) groups excluding carboxylic acids is 1. The number of nitrogens with zero attached hydrogens (tertiary/aromatic N) is 2. The lowest BCUT2D eigenvalue weighted by molar-refractivity contribution is -0.124. The lowest BCUT2D eigenvalue weighted by atomic mass is 9.94. The zero-order valence-corrected chi connectivity index (χ0v) is 19.2. The molecule has 2 aliphatic rings. The predicted molar refractivity (Wildman–Crippen MR) is 130 cm³/mol. The van der Waals surface area contributed by atoms with Gasteiger partial charge < -0.3 is 4.74 Å². The first-order valence-electron chi connectivity index (χ1n) is 11.3. The van der Waals surface area contributed by atoms with Crippen LogP contribution in [0.15, 0.2) is 58.4 Å². The van der Waals surface area contributed by atoms with Crippen molar-refractivity contribution in [1.29, 1.82) is 0 Å². The van der Waals surface area contributed by atoms with Gasteiger partial charge in [0.2, 0.25) is 0 Å². The summed E-state index contributed by atoms with van der Waals surface area (Å²) in [5.41, 5.74) is 3.09. The van der Waals surface area contributed by atoms with Gasteiger partial charge in [-0.05, 0) is 61.7 Å². The summed E-state index contributed by atoms with van der Waals surface area (Å²) < 4.78 is 5.77. The van der Waals surface area contributed by atoms with E-state index in [1.165, 1.54) is 36.6 Å². The Labute approximate surface area is 189 Å². The molecule has 1 aliphatic heterocycles. The van der Waals surface area contributed by atoms with Crippen LogP contribution in [0, 0.1) is 0 Å². The van der Waals surface area contributed by atoms with Crippen molar-refractivity contribution < 1.29 is 9.53 Å². The van der Waals surface area contributed by atoms with Crippen molar-refractivity contribution in [3.8, 4) is 5.75 Å². The fourth-order valence-corrected chi connectivity index (χ4v) is 5.32. The molecule has 0 atom stereocenters. The molecule has 0 radical (unpaired) electrons. The van der Waals surface area contributed by atoms with E-state index >= 15 is 0 Å². The maximum Gasteiger partial charge on any atom is 0.267 e. The van der Waals surface area contributed by atoms with Gasteiger partial charge in [-0.1, -0.05) is 62.6 Å². The molecule has 2 fully saturated rings. The lowest BCUT2D eigenvalue weighted by Crippen LogP contribution is -2.40. The fourth-order valence-electron chi connectivity index (χ4n) is 4.28. The minimum absolute atomic E-state index is 0.0657. The van der Waals surface area contributed by atoms with Gasteiger partial charge in [0.05, 0.1) is 17.2 Å². The standard InChI is InChI=1S/C26H30N2O2S/c1-3-19-12-8-10-16-22(19)27-26-28(21-14-6-5-7-15-21)25(29)24(31-26)18-20-13-9-11-17-23(20)30-4-2/h8-13,16-18,21H,3-7,14-15H2,1-2H3/b24-18+,27-26?. The number of aryl methyl sites for hydroxylation is 1. The third-order valence-electron chi connectivity index (χ3n) is 5.87. The molecule has 2 aromatic carbocycles. The van der Waals surface area contributed by atoms with Crippen LogP contribution in [0.1, 0.15) is 57.1 Å². The van der Waals surface area contributed by atoms with E-state index in [9.17, 15) is 4.79 Å². The Morgan fingerprint density at radius 1 is 1.06 bits per heavy atom. The second kappa shape index (κ2) is 10.2. The van der Waals surface area contributed by atoms with Crippen LogP contribution in [0.3, 0.4) is 0 Å². The van der Waals surface area contributed by atoms with Crippen molar-refractivity contribution in [3.05, 3.63) is 64.6 Å². The normalized spacial score (nSPS) is 20.1. The molecule has 4 nitrogen and oxygen atoms in total. The molecule has 4 rings (SSSR count). The monoisotopic (exact) mass is 434 g/mol. The Morgan fingerprint density at radius 2 is 1.81 bits per heavy atom. The van der Waals surface area contributed by atoms with Crippen LogP contribution >= 0.6 is 11.8 Å². The van der Waals surface area contributed by atoms with Crippen molar-refractivity contribution in [2.24, 2.45) is 4.99 Å². The Hall–Kier alpha value is -2.53. The Balaban J connectivity index is 1.73. The Bertz CT molecular complexity index is 992. The highest BCUT2D eigenvalue weighted by Gasteiger charge is 2.38. The highest BCUT2D eigenvalue weighted by Crippen LogP contribution is 2.39. The summed E-state index contributed by atoms with van der Waals surface area (Å²) in [6, 6.07) is 16.3. The number of aliphatic imine (C=N–C) groups is 1. The summed E-state index contributed by atoms with van der Waals surface area (Å²) in [4.78, 5) is 21.2. The predicted octanol–water partition coefficient (Wildman–Crippen LogP) is 6.58. The second-order valence-electron chi connectivity index (χ2n) is 7.93. The van der Waals surface area contributed by atoms with Gasteiger partial charge >= 0.3 is 0 Å². The van der Waals surface area contributed by atoms with Gasteiger partial charge in [0.25, 0.3) is 5.91 Å². The van der Waals surface area contributed by atoms with Gasteiger partial charge in [-0.25, -0.2) is 4.99 Å². The van der Waals surface area contributed by atoms with E-state index in [4.69, 9.17) is 9.73 Å². The fraction of sp³-hybridized carbons (Fsp3) is 0.385. The highest BCUT2D eigenvalue weighted by atomic mass is 32.2. The van der Waals surface area contributed by atoms with Gasteiger partial charge in [-0.2, -0.15) is 0 Å². The highest BCUT2D eigenvalue weighted by molar-refractivity contribution is 8.18. The van der Waals surface area contributed by atoms with Gasteiger partial charge in [0.15, 0.2) is 5.17 Å². The van der Waals surface area contributed by atoms with Gasteiger partial charge in [-0.15, -0.1) is 0 Å². The number of amides is 1. The largest absolute Gasteiger partial charge is 0.493 e. The smallest absolute Gasteiger partial charge is 0.267 e. The summed E-state index contributed by atoms with van der Waals surface area (Å²) in [6.45, 7) is 4.71. The number of ether oxygens (including phenoxy) is 1. The minimum atomic E-state index is 0.0657. The summed E-state index contributed by atoms with van der Waals surface area (Å²) >= 11 is 1.49. The van der Waals surface area contributed by atoms with E-state index in [0.717, 1.165) is 41.4 Å². The first kappa shape index (κ1) is 21.7. The van der Waals surface area contributed by atoms with Crippen molar-refractivity contribution in [1.82, 2.24) is 4.90 Å². The van der Waals surface area contributed by atoms with Crippen LogP contribution in [0.4, 0.5) is 5.69 Å². The summed E-state index contributed by atoms with van der Waals surface area (Å²) in [7, 11) is 0. The average Bonchev–Trinajstić information content (AvgIpc) is 3.10. The number of amidine groups is 1. The molecular formula is C26H30N2O2S. The third kappa shape index (κ3) is 4.87. The molecule has 0 bridgehead atoms. The summed E-state index contributed by atoms with van der Waals surface area (Å²) in [5, 5.41) is 0.804. The van der Waals surface area contributed by atoms with E-state index in [-0.39, 0.29) is 11.9 Å². The Morgan fingerprint density at radius 3 is 2.58 bits per heavy atom. The number of rotatable bonds is 6. The first-order valence-corrected chi connectivity index (χ1v) is 12.1. The third-order valence-corrected chi connectivity index (χ3v) is 6.85. The number of hydrogen-bond acceptors (Lipinski definition) is 4. The van der Waals surface area contributed by atoms with Crippen molar-refractivity contribution >= 4 is 34.6 Å². The summed E-state index contributed by atoms with van der Waals surface area (Å²) in [5.74, 6) is 0.868. The maximum absolute atomic E-state index is 13.5. The first-order chi connectivity index (χ1) is 15.2. The molecule has 1 saturated heterocycles. The quantitative estimate of drug-likeness (QED) is 0.482. The molecule has 0 unspecified atom stereocenters. The Kier molecular flexibility index (Phi) is 7.13. The van der Waals surface area contributed by atoms with Crippen LogP contribution in [-0.2, 0) is 11.2 Å². The molecular weight excluding hydrogens is 404 g/mol. The van der Waals surface area contributed by atoms with Crippen molar-refractivity contribution in [2.75, 3.05) is 6.61 Å². The van der Waals surface area contributed by atoms with Crippen LogP contribution in [0.25, 0.3) is 6.08 Å². The molecule has 5 heteroatoms. The zero-order chi connectivity index (χ0) is 21.6. The number of carbonyl (C=O) groups is 1. The second-order valence-corrected chi connectivity index (χ2v) is 8.93. The molecule has 0 aromatic heterocycles. The molecule has 31 heavy (non-hydrogen) atoms. The topological polar surface area (TPSA) is 41.9 Å².